The number of thiol groups is 1. The van der Waals surface area contributed by atoms with Crippen LogP contribution in [0.1, 0.15) is 24.8 Å². The number of fused-ring (bicyclic) bond motifs is 1. The molecule has 1 spiro atoms. The number of piperidine rings is 1. The number of carbonyl (C=O) groups excluding carboxylic acids is 2. The van der Waals surface area contributed by atoms with Gasteiger partial charge in [0.1, 0.15) is 0 Å². The highest BCUT2D eigenvalue weighted by molar-refractivity contribution is 7.80. The Morgan fingerprint density at radius 2 is 2.00 bits per heavy atom. The van der Waals surface area contributed by atoms with E-state index in [1.807, 2.05) is 23.1 Å². The van der Waals surface area contributed by atoms with Gasteiger partial charge in [-0.25, -0.2) is 0 Å². The van der Waals surface area contributed by atoms with Crippen molar-refractivity contribution in [3.63, 3.8) is 0 Å². The van der Waals surface area contributed by atoms with Gasteiger partial charge in [0.05, 0.1) is 5.41 Å². The van der Waals surface area contributed by atoms with E-state index in [9.17, 15) is 9.59 Å². The number of amides is 2. The van der Waals surface area contributed by atoms with Gasteiger partial charge in [-0.1, -0.05) is 18.2 Å². The minimum atomic E-state index is -0.341. The minimum absolute atomic E-state index is 0.113. The highest BCUT2D eigenvalue weighted by atomic mass is 32.1. The van der Waals surface area contributed by atoms with Gasteiger partial charge in [0, 0.05) is 25.2 Å². The van der Waals surface area contributed by atoms with Crippen molar-refractivity contribution >= 4 is 30.1 Å². The second-order valence-corrected chi connectivity index (χ2v) is 6.37. The van der Waals surface area contributed by atoms with E-state index in [0.717, 1.165) is 24.9 Å². The molecule has 2 heterocycles. The number of hydrogen-bond acceptors (Lipinski definition) is 3. The summed E-state index contributed by atoms with van der Waals surface area (Å²) in [5.41, 5.74) is 1.79. The number of likely N-dealkylation sites (tertiary alicyclic amines) is 1. The molecule has 1 aromatic carbocycles. The van der Waals surface area contributed by atoms with E-state index in [-0.39, 0.29) is 17.2 Å². The van der Waals surface area contributed by atoms with Crippen LogP contribution in [0.4, 0.5) is 5.69 Å². The molecule has 112 valence electrons. The molecule has 4 nitrogen and oxygen atoms in total. The van der Waals surface area contributed by atoms with Crippen LogP contribution in [-0.4, -0.2) is 35.6 Å². The molecule has 0 saturated carbocycles. The molecule has 1 N–H and O–H groups in total. The van der Waals surface area contributed by atoms with E-state index < -0.39 is 0 Å². The lowest BCUT2D eigenvalue weighted by Gasteiger charge is -2.43. The van der Waals surface area contributed by atoms with Crippen LogP contribution in [0.2, 0.25) is 0 Å². The van der Waals surface area contributed by atoms with Crippen molar-refractivity contribution in [3.05, 3.63) is 29.8 Å². The number of para-hydroxylation sites is 1. The summed E-state index contributed by atoms with van der Waals surface area (Å²) in [6, 6.07) is 7.98. The van der Waals surface area contributed by atoms with Gasteiger partial charge < -0.3 is 10.2 Å². The lowest BCUT2D eigenvalue weighted by molar-refractivity contribution is -0.138. The van der Waals surface area contributed by atoms with Crippen LogP contribution in [0.25, 0.3) is 0 Å². The van der Waals surface area contributed by atoms with Crippen LogP contribution in [0.15, 0.2) is 24.3 Å². The second kappa shape index (κ2) is 5.72. The van der Waals surface area contributed by atoms with Gasteiger partial charge in [0.15, 0.2) is 0 Å². The average molecular weight is 304 g/mol. The number of rotatable bonds is 2. The first-order chi connectivity index (χ1) is 10.1. The van der Waals surface area contributed by atoms with Crippen LogP contribution in [0.3, 0.4) is 0 Å². The third kappa shape index (κ3) is 2.67. The summed E-state index contributed by atoms with van der Waals surface area (Å²) in [7, 11) is 0. The third-order valence-electron chi connectivity index (χ3n) is 4.67. The van der Waals surface area contributed by atoms with Gasteiger partial charge in [0.25, 0.3) is 0 Å². The van der Waals surface area contributed by atoms with Gasteiger partial charge in [-0.2, -0.15) is 12.6 Å². The molecule has 2 aliphatic rings. The summed E-state index contributed by atoms with van der Waals surface area (Å²) in [6.07, 6.45) is 2.74. The van der Waals surface area contributed by atoms with E-state index in [0.29, 0.717) is 25.3 Å². The zero-order valence-corrected chi connectivity index (χ0v) is 12.9. The second-order valence-electron chi connectivity index (χ2n) is 5.92. The number of benzene rings is 1. The Balaban J connectivity index is 1.73. The van der Waals surface area contributed by atoms with Crippen molar-refractivity contribution in [2.75, 3.05) is 24.2 Å². The molecular formula is C16H20N2O2S. The fraction of sp³-hybridized carbons (Fsp3) is 0.500. The smallest absolute Gasteiger partial charge is 0.231 e. The monoisotopic (exact) mass is 304 g/mol. The fourth-order valence-electron chi connectivity index (χ4n) is 3.34. The van der Waals surface area contributed by atoms with Crippen LogP contribution >= 0.6 is 12.6 Å². The van der Waals surface area contributed by atoms with E-state index in [1.165, 1.54) is 5.56 Å². The van der Waals surface area contributed by atoms with Gasteiger partial charge >= 0.3 is 0 Å². The Kier molecular flexibility index (Phi) is 3.93. The van der Waals surface area contributed by atoms with Crippen molar-refractivity contribution in [2.24, 2.45) is 5.41 Å². The average Bonchev–Trinajstić information content (AvgIpc) is 2.49. The van der Waals surface area contributed by atoms with E-state index >= 15 is 0 Å². The molecular weight excluding hydrogens is 284 g/mol. The molecule has 3 rings (SSSR count). The largest absolute Gasteiger partial charge is 0.343 e. The maximum Gasteiger partial charge on any atom is 0.231 e. The standard InChI is InChI=1S/C16H20N2O2S/c19-14(5-10-21)18-8-6-16(7-9-18)11-12-3-1-2-4-13(12)17-15(16)20/h1-4,21H,5-11H2,(H,17,20). The minimum Gasteiger partial charge on any atom is -0.343 e. The van der Waals surface area contributed by atoms with Crippen LogP contribution < -0.4 is 5.32 Å². The predicted octanol–water partition coefficient (Wildman–Crippen LogP) is 2.11. The zero-order valence-electron chi connectivity index (χ0n) is 12.0. The zero-order chi connectivity index (χ0) is 14.9. The maximum atomic E-state index is 12.5. The first-order valence-electron chi connectivity index (χ1n) is 7.43. The molecule has 0 bridgehead atoms. The molecule has 1 saturated heterocycles. The lowest BCUT2D eigenvalue weighted by Crippen LogP contribution is -2.51. The van der Waals surface area contributed by atoms with Crippen molar-refractivity contribution in [2.45, 2.75) is 25.7 Å². The Morgan fingerprint density at radius 1 is 1.29 bits per heavy atom. The normalized spacial score (nSPS) is 20.0. The first-order valence-corrected chi connectivity index (χ1v) is 8.06. The molecule has 1 aromatic rings. The molecule has 5 heteroatoms. The van der Waals surface area contributed by atoms with Gasteiger partial charge in [-0.3, -0.25) is 9.59 Å². The highest BCUT2D eigenvalue weighted by Gasteiger charge is 2.44. The Morgan fingerprint density at radius 3 is 2.71 bits per heavy atom. The first kappa shape index (κ1) is 14.4. The third-order valence-corrected chi connectivity index (χ3v) is 4.90. The predicted molar refractivity (Wildman–Crippen MR) is 85.5 cm³/mol. The summed E-state index contributed by atoms with van der Waals surface area (Å²) in [5, 5.41) is 3.04. The van der Waals surface area contributed by atoms with Crippen molar-refractivity contribution in [3.8, 4) is 0 Å². The van der Waals surface area contributed by atoms with Gasteiger partial charge in [-0.15, -0.1) is 0 Å². The van der Waals surface area contributed by atoms with E-state index in [2.05, 4.69) is 24.0 Å². The molecule has 2 aliphatic heterocycles. The number of nitrogens with zero attached hydrogens (tertiary/aromatic N) is 1. The van der Waals surface area contributed by atoms with Gasteiger partial charge in [-0.05, 0) is 36.6 Å². The summed E-state index contributed by atoms with van der Waals surface area (Å²) >= 11 is 4.11. The van der Waals surface area contributed by atoms with Crippen LogP contribution in [0.5, 0.6) is 0 Å². The van der Waals surface area contributed by atoms with Crippen LogP contribution in [-0.2, 0) is 16.0 Å². The number of carbonyl (C=O) groups is 2. The van der Waals surface area contributed by atoms with E-state index in [1.54, 1.807) is 0 Å². The topological polar surface area (TPSA) is 49.4 Å². The summed E-state index contributed by atoms with van der Waals surface area (Å²) in [4.78, 5) is 26.3. The summed E-state index contributed by atoms with van der Waals surface area (Å²) in [6.45, 7) is 1.34. The Bertz CT molecular complexity index is 565. The molecule has 0 unspecified atom stereocenters. The molecule has 0 atom stereocenters. The molecule has 0 aromatic heterocycles. The SMILES string of the molecule is O=C(CCS)N1CCC2(CC1)Cc1ccccc1NC2=O. The van der Waals surface area contributed by atoms with Crippen molar-refractivity contribution < 1.29 is 9.59 Å². The fourth-order valence-corrected chi connectivity index (χ4v) is 3.53. The molecule has 0 aliphatic carbocycles. The number of anilines is 1. The van der Waals surface area contributed by atoms with Gasteiger partial charge in [0.2, 0.25) is 11.8 Å². The Labute approximate surface area is 130 Å². The number of nitrogens with one attached hydrogen (secondary N) is 1. The quantitative estimate of drug-likeness (QED) is 0.822. The number of hydrogen-bond donors (Lipinski definition) is 2. The Hall–Kier alpha value is -1.49. The van der Waals surface area contributed by atoms with Crippen LogP contribution in [0, 0.1) is 5.41 Å². The highest BCUT2D eigenvalue weighted by Crippen LogP contribution is 2.41. The molecule has 0 radical (unpaired) electrons. The van der Waals surface area contributed by atoms with Crippen molar-refractivity contribution in [1.82, 2.24) is 4.90 Å². The molecule has 1 fully saturated rings. The maximum absolute atomic E-state index is 12.5. The summed E-state index contributed by atoms with van der Waals surface area (Å²) < 4.78 is 0. The molecule has 2 amide bonds. The van der Waals surface area contributed by atoms with E-state index in [4.69, 9.17) is 0 Å². The molecule has 21 heavy (non-hydrogen) atoms. The van der Waals surface area contributed by atoms with Crippen molar-refractivity contribution in [1.29, 1.82) is 0 Å². The summed E-state index contributed by atoms with van der Waals surface area (Å²) in [5.74, 6) is 0.841. The lowest BCUT2D eigenvalue weighted by atomic mass is 9.71.